The average Bonchev–Trinajstić information content (AvgIpc) is 3.56. The Morgan fingerprint density at radius 2 is 1.85 bits per heavy atom. The van der Waals surface area contributed by atoms with Crippen LogP contribution in [0.4, 0.5) is 0 Å². The highest BCUT2D eigenvalue weighted by Crippen LogP contribution is 2.33. The van der Waals surface area contributed by atoms with Crippen molar-refractivity contribution >= 4 is 22.8 Å². The fraction of sp³-hybridized carbons (Fsp3) is 0.348. The zero-order valence-corrected chi connectivity index (χ0v) is 18.0. The number of nitrogens with zero attached hydrogens (tertiary/aromatic N) is 5. The van der Waals surface area contributed by atoms with Crippen molar-refractivity contribution in [3.05, 3.63) is 47.5 Å². The Hall–Kier alpha value is -4.13. The van der Waals surface area contributed by atoms with Gasteiger partial charge in [0, 0.05) is 49.6 Å². The van der Waals surface area contributed by atoms with Crippen molar-refractivity contribution in [3.63, 3.8) is 0 Å². The first kappa shape index (κ1) is 20.8. The van der Waals surface area contributed by atoms with E-state index < -0.39 is 0 Å². The molecule has 2 saturated heterocycles. The lowest BCUT2D eigenvalue weighted by molar-refractivity contribution is -0.132. The van der Waals surface area contributed by atoms with Crippen LogP contribution in [0.5, 0.6) is 11.5 Å². The second kappa shape index (κ2) is 8.43. The summed E-state index contributed by atoms with van der Waals surface area (Å²) < 4.78 is 10.9. The lowest BCUT2D eigenvalue weighted by atomic mass is 10.0. The Labute approximate surface area is 189 Å². The number of benzene rings is 2. The van der Waals surface area contributed by atoms with E-state index in [1.54, 1.807) is 35.2 Å². The molecule has 2 atom stereocenters. The summed E-state index contributed by atoms with van der Waals surface area (Å²) in [6.07, 6.45) is 0. The second-order valence-corrected chi connectivity index (χ2v) is 8.34. The van der Waals surface area contributed by atoms with Crippen molar-refractivity contribution in [2.75, 3.05) is 39.9 Å². The zero-order chi connectivity index (χ0) is 22.9. The molecule has 2 fully saturated rings. The van der Waals surface area contributed by atoms with E-state index in [-0.39, 0.29) is 30.3 Å². The maximum Gasteiger partial charge on any atom is 0.260 e. The number of carbonyl (C=O) groups is 2. The molecule has 0 aliphatic carbocycles. The second-order valence-electron chi connectivity index (χ2n) is 8.34. The third kappa shape index (κ3) is 3.93. The molecule has 3 aromatic rings. The number of amides is 2. The van der Waals surface area contributed by atoms with Crippen LogP contribution in [0.25, 0.3) is 11.0 Å². The van der Waals surface area contributed by atoms with Crippen LogP contribution in [-0.2, 0) is 4.79 Å². The number of nitriles is 1. The van der Waals surface area contributed by atoms with Crippen LogP contribution in [0.15, 0.2) is 36.4 Å². The number of H-pyrrole nitrogens is 1. The zero-order valence-electron chi connectivity index (χ0n) is 18.0. The van der Waals surface area contributed by atoms with Crippen molar-refractivity contribution in [1.29, 1.82) is 5.26 Å². The predicted octanol–water partition coefficient (Wildman–Crippen LogP) is 1.45. The summed E-state index contributed by atoms with van der Waals surface area (Å²) >= 11 is 0. The Bertz CT molecular complexity index is 1250. The molecule has 0 bridgehead atoms. The third-order valence-electron chi connectivity index (χ3n) is 6.34. The fourth-order valence-corrected chi connectivity index (χ4v) is 4.61. The summed E-state index contributed by atoms with van der Waals surface area (Å²) in [6.45, 7) is 2.33. The van der Waals surface area contributed by atoms with Crippen LogP contribution < -0.4 is 9.47 Å². The molecule has 0 spiro atoms. The van der Waals surface area contributed by atoms with Crippen molar-refractivity contribution in [2.45, 2.75) is 0 Å². The average molecular weight is 446 g/mol. The molecule has 3 heterocycles. The Balaban J connectivity index is 1.16. The van der Waals surface area contributed by atoms with E-state index in [2.05, 4.69) is 15.4 Å². The first-order chi connectivity index (χ1) is 16.1. The van der Waals surface area contributed by atoms with Gasteiger partial charge in [-0.15, -0.1) is 5.10 Å². The van der Waals surface area contributed by atoms with E-state index >= 15 is 0 Å². The minimum atomic E-state index is -0.109. The summed E-state index contributed by atoms with van der Waals surface area (Å²) in [7, 11) is 1.49. The van der Waals surface area contributed by atoms with E-state index in [4.69, 9.17) is 14.7 Å². The molecule has 1 aromatic heterocycles. The maximum atomic E-state index is 13.0. The van der Waals surface area contributed by atoms with Gasteiger partial charge in [-0.2, -0.15) is 5.26 Å². The van der Waals surface area contributed by atoms with E-state index in [9.17, 15) is 9.59 Å². The molecule has 10 nitrogen and oxygen atoms in total. The van der Waals surface area contributed by atoms with E-state index in [0.29, 0.717) is 54.3 Å². The van der Waals surface area contributed by atoms with Gasteiger partial charge in [0.15, 0.2) is 18.1 Å². The van der Waals surface area contributed by atoms with Crippen LogP contribution in [0, 0.1) is 23.2 Å². The van der Waals surface area contributed by atoms with Crippen molar-refractivity contribution in [1.82, 2.24) is 25.2 Å². The minimum Gasteiger partial charge on any atom is -0.493 e. The molecular formula is C23H22N6O4. The van der Waals surface area contributed by atoms with Gasteiger partial charge in [-0.25, -0.2) is 0 Å². The molecule has 2 aliphatic heterocycles. The molecule has 10 heteroatoms. The number of aromatic nitrogens is 3. The van der Waals surface area contributed by atoms with Crippen LogP contribution in [-0.4, -0.2) is 76.9 Å². The Morgan fingerprint density at radius 1 is 1.09 bits per heavy atom. The Kier molecular flexibility index (Phi) is 5.30. The standard InChI is InChI=1S/C23H22N6O4/c1-32-21-6-14(8-24)2-5-20(21)33-13-22(30)28-9-16-11-29(12-17(16)10-28)23(31)15-3-4-18-19(7-15)26-27-25-18/h2-7,16-17H,9-13H2,1H3,(H,25,26,27)/t16-,17-/m1/s1. The lowest BCUT2D eigenvalue weighted by Gasteiger charge is -2.22. The quantitative estimate of drug-likeness (QED) is 0.629. The summed E-state index contributed by atoms with van der Waals surface area (Å²) in [5.41, 5.74) is 2.50. The number of aromatic amines is 1. The van der Waals surface area contributed by atoms with Crippen LogP contribution >= 0.6 is 0 Å². The molecule has 168 valence electrons. The van der Waals surface area contributed by atoms with Crippen LogP contribution in [0.3, 0.4) is 0 Å². The largest absolute Gasteiger partial charge is 0.493 e. The highest BCUT2D eigenvalue weighted by atomic mass is 16.5. The van der Waals surface area contributed by atoms with Gasteiger partial charge in [0.2, 0.25) is 0 Å². The molecule has 2 aliphatic rings. The van der Waals surface area contributed by atoms with Crippen molar-refractivity contribution in [2.24, 2.45) is 11.8 Å². The van der Waals surface area contributed by atoms with Crippen LogP contribution in [0.2, 0.25) is 0 Å². The van der Waals surface area contributed by atoms with Gasteiger partial charge in [0.05, 0.1) is 24.3 Å². The number of hydrogen-bond donors (Lipinski definition) is 1. The van der Waals surface area contributed by atoms with Crippen LogP contribution in [0.1, 0.15) is 15.9 Å². The number of fused-ring (bicyclic) bond motifs is 2. The van der Waals surface area contributed by atoms with Crippen molar-refractivity contribution in [3.8, 4) is 17.6 Å². The van der Waals surface area contributed by atoms with Crippen molar-refractivity contribution < 1.29 is 19.1 Å². The molecule has 0 unspecified atom stereocenters. The van der Waals surface area contributed by atoms with E-state index in [1.165, 1.54) is 7.11 Å². The SMILES string of the molecule is COc1cc(C#N)ccc1OCC(=O)N1C[C@@H]2CN(C(=O)c3ccc4[nH]nnc4c3)C[C@H]2C1. The number of rotatable bonds is 5. The first-order valence-electron chi connectivity index (χ1n) is 10.6. The lowest BCUT2D eigenvalue weighted by Crippen LogP contribution is -2.37. The molecule has 0 saturated carbocycles. The van der Waals surface area contributed by atoms with Gasteiger partial charge in [-0.05, 0) is 30.3 Å². The highest BCUT2D eigenvalue weighted by molar-refractivity contribution is 5.97. The van der Waals surface area contributed by atoms with Gasteiger partial charge in [0.1, 0.15) is 5.52 Å². The minimum absolute atomic E-state index is 0.0246. The number of hydrogen-bond acceptors (Lipinski definition) is 7. The first-order valence-corrected chi connectivity index (χ1v) is 10.6. The van der Waals surface area contributed by atoms with Gasteiger partial charge in [0.25, 0.3) is 11.8 Å². The van der Waals surface area contributed by atoms with Gasteiger partial charge >= 0.3 is 0 Å². The summed E-state index contributed by atoms with van der Waals surface area (Å²) in [5.74, 6) is 1.20. The molecular weight excluding hydrogens is 424 g/mol. The number of nitrogens with one attached hydrogen (secondary N) is 1. The molecule has 1 N–H and O–H groups in total. The van der Waals surface area contributed by atoms with Gasteiger partial charge < -0.3 is 19.3 Å². The number of ether oxygens (including phenoxy) is 2. The van der Waals surface area contributed by atoms with Gasteiger partial charge in [-0.3, -0.25) is 14.7 Å². The normalized spacial score (nSPS) is 19.4. The molecule has 5 rings (SSSR count). The molecule has 2 aromatic carbocycles. The predicted molar refractivity (Wildman–Crippen MR) is 117 cm³/mol. The van der Waals surface area contributed by atoms with Gasteiger partial charge in [-0.1, -0.05) is 5.21 Å². The number of methoxy groups -OCH3 is 1. The van der Waals surface area contributed by atoms with E-state index in [1.807, 2.05) is 17.0 Å². The monoisotopic (exact) mass is 446 g/mol. The highest BCUT2D eigenvalue weighted by Gasteiger charge is 2.43. The Morgan fingerprint density at radius 3 is 2.58 bits per heavy atom. The fourth-order valence-electron chi connectivity index (χ4n) is 4.61. The number of likely N-dealkylation sites (tertiary alicyclic amines) is 2. The molecule has 0 radical (unpaired) electrons. The number of carbonyl (C=O) groups excluding carboxylic acids is 2. The third-order valence-corrected chi connectivity index (χ3v) is 6.34. The smallest absolute Gasteiger partial charge is 0.260 e. The summed E-state index contributed by atoms with van der Waals surface area (Å²) in [5, 5.41) is 19.5. The van der Waals surface area contributed by atoms with E-state index in [0.717, 1.165) is 5.52 Å². The topological polar surface area (TPSA) is 124 Å². The molecule has 33 heavy (non-hydrogen) atoms. The molecule has 2 amide bonds. The summed E-state index contributed by atoms with van der Waals surface area (Å²) in [4.78, 5) is 29.3. The maximum absolute atomic E-state index is 13.0. The summed E-state index contributed by atoms with van der Waals surface area (Å²) in [6, 6.07) is 12.2.